The lowest BCUT2D eigenvalue weighted by Crippen LogP contribution is -2.37. The first-order valence-electron chi connectivity index (χ1n) is 8.13. The molecular formula is C19H23N3O2. The highest BCUT2D eigenvalue weighted by Gasteiger charge is 2.12. The molecule has 0 amide bonds. The summed E-state index contributed by atoms with van der Waals surface area (Å²) in [5, 5.41) is 6.67. The molecule has 1 heterocycles. The number of hydrogen-bond donors (Lipinski definition) is 2. The van der Waals surface area contributed by atoms with E-state index in [1.165, 1.54) is 16.7 Å². The number of aliphatic imine (C=N–C) groups is 1. The normalized spacial score (nSPS) is 13.0. The van der Waals surface area contributed by atoms with Crippen molar-refractivity contribution in [2.24, 2.45) is 4.99 Å². The third kappa shape index (κ3) is 4.19. The molecule has 0 saturated heterocycles. The molecular weight excluding hydrogens is 302 g/mol. The van der Waals surface area contributed by atoms with Gasteiger partial charge in [0, 0.05) is 20.1 Å². The summed E-state index contributed by atoms with van der Waals surface area (Å²) in [6.07, 6.45) is 0.891. The zero-order valence-electron chi connectivity index (χ0n) is 14.1. The van der Waals surface area contributed by atoms with Gasteiger partial charge in [0.2, 0.25) is 6.79 Å². The number of benzene rings is 2. The van der Waals surface area contributed by atoms with Crippen molar-refractivity contribution in [1.82, 2.24) is 10.6 Å². The van der Waals surface area contributed by atoms with E-state index in [1.807, 2.05) is 12.1 Å². The predicted octanol–water partition coefficient (Wildman–Crippen LogP) is 2.63. The van der Waals surface area contributed by atoms with Crippen molar-refractivity contribution in [3.63, 3.8) is 0 Å². The van der Waals surface area contributed by atoms with Gasteiger partial charge in [-0.05, 0) is 36.6 Å². The van der Waals surface area contributed by atoms with Crippen LogP contribution in [0.15, 0.2) is 47.5 Å². The van der Waals surface area contributed by atoms with Crippen LogP contribution in [0.4, 0.5) is 0 Å². The maximum absolute atomic E-state index is 5.41. The maximum atomic E-state index is 5.41. The number of aryl methyl sites for hydroxylation is 1. The Bertz CT molecular complexity index is 728. The van der Waals surface area contributed by atoms with E-state index >= 15 is 0 Å². The van der Waals surface area contributed by atoms with E-state index in [0.29, 0.717) is 6.79 Å². The fraction of sp³-hybridized carbons (Fsp3) is 0.316. The van der Waals surface area contributed by atoms with Gasteiger partial charge in [-0.3, -0.25) is 4.99 Å². The Morgan fingerprint density at radius 1 is 1.04 bits per heavy atom. The van der Waals surface area contributed by atoms with Crippen LogP contribution < -0.4 is 20.1 Å². The summed E-state index contributed by atoms with van der Waals surface area (Å²) in [7, 11) is 1.78. The SMILES string of the molecule is CN=C(NCCc1ccc2c(c1)OCO2)NCc1cccc(C)c1. The molecule has 0 bridgehead atoms. The quantitative estimate of drug-likeness (QED) is 0.655. The van der Waals surface area contributed by atoms with Gasteiger partial charge in [0.1, 0.15) is 0 Å². The van der Waals surface area contributed by atoms with E-state index in [-0.39, 0.29) is 0 Å². The molecule has 0 atom stereocenters. The first-order valence-corrected chi connectivity index (χ1v) is 8.13. The number of rotatable bonds is 5. The van der Waals surface area contributed by atoms with Crippen LogP contribution in [0.3, 0.4) is 0 Å². The van der Waals surface area contributed by atoms with E-state index in [2.05, 4.69) is 52.9 Å². The maximum Gasteiger partial charge on any atom is 0.231 e. The van der Waals surface area contributed by atoms with Crippen molar-refractivity contribution >= 4 is 5.96 Å². The average molecular weight is 325 g/mol. The molecule has 1 aliphatic heterocycles. The Morgan fingerprint density at radius 2 is 1.92 bits per heavy atom. The van der Waals surface area contributed by atoms with Crippen LogP contribution in [0, 0.1) is 6.92 Å². The second kappa shape index (κ2) is 7.73. The molecule has 1 aliphatic rings. The van der Waals surface area contributed by atoms with Gasteiger partial charge in [-0.2, -0.15) is 0 Å². The zero-order chi connectivity index (χ0) is 16.8. The molecule has 24 heavy (non-hydrogen) atoms. The number of fused-ring (bicyclic) bond motifs is 1. The van der Waals surface area contributed by atoms with E-state index in [9.17, 15) is 0 Å². The Hall–Kier alpha value is -2.69. The Balaban J connectivity index is 1.46. The molecule has 0 aliphatic carbocycles. The summed E-state index contributed by atoms with van der Waals surface area (Å²) < 4.78 is 10.7. The summed E-state index contributed by atoms with van der Waals surface area (Å²) in [5.41, 5.74) is 3.72. The van der Waals surface area contributed by atoms with Gasteiger partial charge in [-0.15, -0.1) is 0 Å². The molecule has 2 aromatic rings. The van der Waals surface area contributed by atoms with Crippen molar-refractivity contribution in [3.05, 3.63) is 59.2 Å². The van der Waals surface area contributed by atoms with Gasteiger partial charge < -0.3 is 20.1 Å². The second-order valence-electron chi connectivity index (χ2n) is 5.78. The number of ether oxygens (including phenoxy) is 2. The number of nitrogens with zero attached hydrogens (tertiary/aromatic N) is 1. The van der Waals surface area contributed by atoms with Gasteiger partial charge in [0.25, 0.3) is 0 Å². The third-order valence-electron chi connectivity index (χ3n) is 3.91. The van der Waals surface area contributed by atoms with Crippen molar-refractivity contribution < 1.29 is 9.47 Å². The van der Waals surface area contributed by atoms with Crippen LogP contribution in [0.1, 0.15) is 16.7 Å². The number of hydrogen-bond acceptors (Lipinski definition) is 3. The first kappa shape index (κ1) is 16.2. The fourth-order valence-electron chi connectivity index (χ4n) is 2.65. The minimum atomic E-state index is 0.312. The number of nitrogens with one attached hydrogen (secondary N) is 2. The Labute approximate surface area is 142 Å². The van der Waals surface area contributed by atoms with Gasteiger partial charge in [0.15, 0.2) is 17.5 Å². The lowest BCUT2D eigenvalue weighted by atomic mass is 10.1. The molecule has 0 radical (unpaired) electrons. The minimum absolute atomic E-state index is 0.312. The Morgan fingerprint density at radius 3 is 2.75 bits per heavy atom. The second-order valence-corrected chi connectivity index (χ2v) is 5.78. The topological polar surface area (TPSA) is 54.9 Å². The smallest absolute Gasteiger partial charge is 0.231 e. The van der Waals surface area contributed by atoms with Crippen molar-refractivity contribution in [2.75, 3.05) is 20.4 Å². The lowest BCUT2D eigenvalue weighted by Gasteiger charge is -2.12. The van der Waals surface area contributed by atoms with Crippen molar-refractivity contribution in [1.29, 1.82) is 0 Å². The summed E-state index contributed by atoms with van der Waals surface area (Å²) in [6.45, 7) is 3.97. The van der Waals surface area contributed by atoms with Crippen LogP contribution in [0.2, 0.25) is 0 Å². The molecule has 0 spiro atoms. The van der Waals surface area contributed by atoms with Gasteiger partial charge in [-0.25, -0.2) is 0 Å². The standard InChI is InChI=1S/C19H23N3O2/c1-14-4-3-5-16(10-14)12-22-19(20-2)21-9-8-15-6-7-17-18(11-15)24-13-23-17/h3-7,10-11H,8-9,12-13H2,1-2H3,(H2,20,21,22). The minimum Gasteiger partial charge on any atom is -0.454 e. The van der Waals surface area contributed by atoms with E-state index in [4.69, 9.17) is 9.47 Å². The van der Waals surface area contributed by atoms with Gasteiger partial charge in [0.05, 0.1) is 0 Å². The molecule has 126 valence electrons. The van der Waals surface area contributed by atoms with Crippen LogP contribution >= 0.6 is 0 Å². The van der Waals surface area contributed by atoms with Crippen molar-refractivity contribution in [3.8, 4) is 11.5 Å². The van der Waals surface area contributed by atoms with Gasteiger partial charge >= 0.3 is 0 Å². The van der Waals surface area contributed by atoms with Crippen LogP contribution in [0.5, 0.6) is 11.5 Å². The van der Waals surface area contributed by atoms with Crippen LogP contribution in [-0.4, -0.2) is 26.3 Å². The van der Waals surface area contributed by atoms with E-state index in [0.717, 1.165) is 37.0 Å². The molecule has 2 N–H and O–H groups in total. The highest BCUT2D eigenvalue weighted by molar-refractivity contribution is 5.79. The summed E-state index contributed by atoms with van der Waals surface area (Å²) >= 11 is 0. The molecule has 0 unspecified atom stereocenters. The molecule has 0 fully saturated rings. The summed E-state index contributed by atoms with van der Waals surface area (Å²) in [4.78, 5) is 4.26. The van der Waals surface area contributed by atoms with Gasteiger partial charge in [-0.1, -0.05) is 35.9 Å². The molecule has 3 rings (SSSR count). The third-order valence-corrected chi connectivity index (χ3v) is 3.91. The highest BCUT2D eigenvalue weighted by Crippen LogP contribution is 2.32. The monoisotopic (exact) mass is 325 g/mol. The van der Waals surface area contributed by atoms with Crippen molar-refractivity contribution in [2.45, 2.75) is 19.9 Å². The molecule has 5 nitrogen and oxygen atoms in total. The molecule has 2 aromatic carbocycles. The van der Waals surface area contributed by atoms with E-state index in [1.54, 1.807) is 7.05 Å². The molecule has 0 saturated carbocycles. The lowest BCUT2D eigenvalue weighted by molar-refractivity contribution is 0.174. The summed E-state index contributed by atoms with van der Waals surface area (Å²) in [5.74, 6) is 2.45. The summed E-state index contributed by atoms with van der Waals surface area (Å²) in [6, 6.07) is 14.5. The van der Waals surface area contributed by atoms with Crippen LogP contribution in [-0.2, 0) is 13.0 Å². The molecule has 5 heteroatoms. The Kier molecular flexibility index (Phi) is 5.21. The highest BCUT2D eigenvalue weighted by atomic mass is 16.7. The first-order chi connectivity index (χ1) is 11.7. The number of guanidine groups is 1. The predicted molar refractivity (Wildman–Crippen MR) is 95.6 cm³/mol. The molecule has 0 aromatic heterocycles. The average Bonchev–Trinajstić information content (AvgIpc) is 3.05. The zero-order valence-corrected chi connectivity index (χ0v) is 14.1. The van der Waals surface area contributed by atoms with Crippen LogP contribution in [0.25, 0.3) is 0 Å². The van der Waals surface area contributed by atoms with E-state index < -0.39 is 0 Å². The fourth-order valence-corrected chi connectivity index (χ4v) is 2.65. The largest absolute Gasteiger partial charge is 0.454 e.